The van der Waals surface area contributed by atoms with Crippen molar-refractivity contribution >= 4 is 11.8 Å². The summed E-state index contributed by atoms with van der Waals surface area (Å²) in [5.41, 5.74) is 4.80. The van der Waals surface area contributed by atoms with E-state index in [0.717, 1.165) is 0 Å². The Kier molecular flexibility index (Phi) is 4.98. The van der Waals surface area contributed by atoms with Gasteiger partial charge in [0.05, 0.1) is 18.4 Å². The molecule has 0 aliphatic carbocycles. The van der Waals surface area contributed by atoms with Crippen molar-refractivity contribution in [1.82, 2.24) is 15.2 Å². The van der Waals surface area contributed by atoms with Gasteiger partial charge in [-0.15, -0.1) is 0 Å². The van der Waals surface area contributed by atoms with Gasteiger partial charge in [0.2, 0.25) is 0 Å². The van der Waals surface area contributed by atoms with Crippen LogP contribution in [0.4, 0.5) is 4.79 Å². The maximum Gasteiger partial charge on any atom is 0.427 e. The van der Waals surface area contributed by atoms with Gasteiger partial charge in [-0.3, -0.25) is 9.89 Å². The van der Waals surface area contributed by atoms with Gasteiger partial charge in [0, 0.05) is 11.3 Å². The molecule has 7 nitrogen and oxygen atoms in total. The van der Waals surface area contributed by atoms with E-state index < -0.39 is 6.09 Å². The van der Waals surface area contributed by atoms with Crippen molar-refractivity contribution < 1.29 is 9.53 Å². The van der Waals surface area contributed by atoms with Crippen molar-refractivity contribution in [3.8, 4) is 5.69 Å². The zero-order valence-corrected chi connectivity index (χ0v) is 14.4. The summed E-state index contributed by atoms with van der Waals surface area (Å²) in [5.74, 6) is 0. The summed E-state index contributed by atoms with van der Waals surface area (Å²) in [5, 5.41) is 7.18. The number of aryl methyl sites for hydroxylation is 1. The predicted molar refractivity (Wildman–Crippen MR) is 98.7 cm³/mol. The minimum atomic E-state index is -0.713. The van der Waals surface area contributed by atoms with Crippen LogP contribution < -0.4 is 11.0 Å². The first-order valence-electron chi connectivity index (χ1n) is 7.96. The van der Waals surface area contributed by atoms with Gasteiger partial charge in [-0.2, -0.15) is 5.10 Å². The van der Waals surface area contributed by atoms with Crippen molar-refractivity contribution in [1.29, 1.82) is 0 Å². The second-order valence-corrected chi connectivity index (χ2v) is 5.52. The number of methoxy groups -OCH3 is 1. The number of nitrogens with zero attached hydrogens (tertiary/aromatic N) is 2. The van der Waals surface area contributed by atoms with Crippen LogP contribution in [0.1, 0.15) is 16.8 Å². The molecule has 3 rings (SSSR count). The van der Waals surface area contributed by atoms with Crippen molar-refractivity contribution in [2.45, 2.75) is 6.92 Å². The number of rotatable bonds is 4. The van der Waals surface area contributed by atoms with Crippen LogP contribution in [0.3, 0.4) is 0 Å². The molecule has 1 aromatic heterocycles. The van der Waals surface area contributed by atoms with Gasteiger partial charge >= 0.3 is 6.09 Å². The first-order valence-corrected chi connectivity index (χ1v) is 7.96. The summed E-state index contributed by atoms with van der Waals surface area (Å²) in [6.07, 6.45) is -0.713. The minimum Gasteiger partial charge on any atom is -0.452 e. The Morgan fingerprint density at radius 2 is 1.69 bits per heavy atom. The summed E-state index contributed by atoms with van der Waals surface area (Å²) in [4.78, 5) is 24.5. The summed E-state index contributed by atoms with van der Waals surface area (Å²) in [6, 6.07) is 18.4. The maximum atomic E-state index is 13.0. The molecule has 0 spiro atoms. The molecule has 0 unspecified atom stereocenters. The number of ether oxygens (including phenoxy) is 1. The molecule has 0 radical (unpaired) electrons. The number of hydrazone groups is 1. The Hall–Kier alpha value is -3.61. The first kappa shape index (κ1) is 17.2. The SMILES string of the molecule is COC(=O)N/N=C(\c1ccccc1)c1c(C)[nH]n(-c2ccccc2)c1=O. The second kappa shape index (κ2) is 7.52. The fourth-order valence-electron chi connectivity index (χ4n) is 2.59. The van der Waals surface area contributed by atoms with Crippen LogP contribution in [-0.2, 0) is 4.74 Å². The zero-order valence-electron chi connectivity index (χ0n) is 14.4. The molecule has 0 atom stereocenters. The maximum absolute atomic E-state index is 13.0. The molecule has 7 heteroatoms. The number of aromatic amines is 1. The van der Waals surface area contributed by atoms with Gasteiger partial charge < -0.3 is 4.74 Å². The first-order chi connectivity index (χ1) is 12.6. The lowest BCUT2D eigenvalue weighted by atomic mass is 10.0. The number of carbonyl (C=O) groups excluding carboxylic acids is 1. The van der Waals surface area contributed by atoms with E-state index in [9.17, 15) is 9.59 Å². The smallest absolute Gasteiger partial charge is 0.427 e. The largest absolute Gasteiger partial charge is 0.452 e. The standard InChI is InChI=1S/C19H18N4O3/c1-13-16(18(24)23(22-13)15-11-7-4-8-12-15)17(20-21-19(25)26-2)14-9-5-3-6-10-14/h3-12,22H,1-2H3,(H,21,25)/b20-17+. The number of hydrogen-bond acceptors (Lipinski definition) is 4. The number of aromatic nitrogens is 2. The van der Waals surface area contributed by atoms with Gasteiger partial charge in [0.25, 0.3) is 5.56 Å². The van der Waals surface area contributed by atoms with E-state index in [4.69, 9.17) is 0 Å². The lowest BCUT2D eigenvalue weighted by Gasteiger charge is -2.06. The second-order valence-electron chi connectivity index (χ2n) is 5.52. The van der Waals surface area contributed by atoms with Crippen LogP contribution in [0, 0.1) is 6.92 Å². The molecular weight excluding hydrogens is 332 g/mol. The van der Waals surface area contributed by atoms with E-state index >= 15 is 0 Å². The highest BCUT2D eigenvalue weighted by Crippen LogP contribution is 2.13. The van der Waals surface area contributed by atoms with E-state index in [1.165, 1.54) is 11.8 Å². The van der Waals surface area contributed by atoms with Gasteiger partial charge in [0.1, 0.15) is 5.71 Å². The minimum absolute atomic E-state index is 0.261. The number of para-hydroxylation sites is 1. The van der Waals surface area contributed by atoms with Crippen LogP contribution in [0.2, 0.25) is 0 Å². The van der Waals surface area contributed by atoms with E-state index in [2.05, 4.69) is 20.4 Å². The Balaban J connectivity index is 2.15. The van der Waals surface area contributed by atoms with Crippen LogP contribution >= 0.6 is 0 Å². The quantitative estimate of drug-likeness (QED) is 0.560. The lowest BCUT2D eigenvalue weighted by Crippen LogP contribution is -2.25. The third kappa shape index (κ3) is 3.41. The molecule has 3 aromatic rings. The van der Waals surface area contributed by atoms with Crippen molar-refractivity contribution in [2.24, 2.45) is 5.10 Å². The highest BCUT2D eigenvalue weighted by molar-refractivity contribution is 6.13. The summed E-state index contributed by atoms with van der Waals surface area (Å²) in [6.45, 7) is 1.78. The Morgan fingerprint density at radius 1 is 1.08 bits per heavy atom. The number of carbonyl (C=O) groups is 1. The number of hydrogen-bond donors (Lipinski definition) is 2. The molecule has 0 bridgehead atoms. The normalized spacial score (nSPS) is 11.2. The summed E-state index contributed by atoms with van der Waals surface area (Å²) in [7, 11) is 1.25. The molecule has 132 valence electrons. The predicted octanol–water partition coefficient (Wildman–Crippen LogP) is 2.58. The molecule has 0 saturated carbocycles. The molecule has 0 saturated heterocycles. The number of amides is 1. The lowest BCUT2D eigenvalue weighted by molar-refractivity contribution is 0.171. The Morgan fingerprint density at radius 3 is 2.31 bits per heavy atom. The van der Waals surface area contributed by atoms with Crippen LogP contribution in [0.5, 0.6) is 0 Å². The van der Waals surface area contributed by atoms with E-state index in [0.29, 0.717) is 28.2 Å². The van der Waals surface area contributed by atoms with Crippen molar-refractivity contribution in [2.75, 3.05) is 7.11 Å². The number of nitrogens with one attached hydrogen (secondary N) is 2. The molecule has 0 aliphatic rings. The number of benzene rings is 2. The molecule has 2 N–H and O–H groups in total. The highest BCUT2D eigenvalue weighted by atomic mass is 16.5. The summed E-state index contributed by atoms with van der Waals surface area (Å²) >= 11 is 0. The zero-order chi connectivity index (χ0) is 18.5. The molecule has 0 aliphatic heterocycles. The average molecular weight is 350 g/mol. The van der Waals surface area contributed by atoms with Crippen LogP contribution in [-0.4, -0.2) is 28.7 Å². The fraction of sp³-hybridized carbons (Fsp3) is 0.105. The van der Waals surface area contributed by atoms with Gasteiger partial charge in [0.15, 0.2) is 0 Å². The van der Waals surface area contributed by atoms with E-state index in [1.54, 1.807) is 6.92 Å². The molecular formula is C19H18N4O3. The van der Waals surface area contributed by atoms with Crippen LogP contribution in [0.25, 0.3) is 5.69 Å². The summed E-state index contributed by atoms with van der Waals surface area (Å²) < 4.78 is 6.00. The third-order valence-electron chi connectivity index (χ3n) is 3.81. The van der Waals surface area contributed by atoms with E-state index in [1.807, 2.05) is 60.7 Å². The molecule has 2 aromatic carbocycles. The Bertz CT molecular complexity index is 989. The molecule has 26 heavy (non-hydrogen) atoms. The fourth-order valence-corrected chi connectivity index (χ4v) is 2.59. The monoisotopic (exact) mass is 350 g/mol. The number of H-pyrrole nitrogens is 1. The molecule has 1 heterocycles. The van der Waals surface area contributed by atoms with Crippen molar-refractivity contribution in [3.63, 3.8) is 0 Å². The highest BCUT2D eigenvalue weighted by Gasteiger charge is 2.20. The van der Waals surface area contributed by atoms with E-state index in [-0.39, 0.29) is 5.56 Å². The van der Waals surface area contributed by atoms with Crippen LogP contribution in [0.15, 0.2) is 70.6 Å². The molecule has 1 amide bonds. The Labute approximate surface area is 149 Å². The topological polar surface area (TPSA) is 88.5 Å². The van der Waals surface area contributed by atoms with Crippen molar-refractivity contribution in [3.05, 3.63) is 87.8 Å². The molecule has 0 fully saturated rings. The van der Waals surface area contributed by atoms with Gasteiger partial charge in [-0.25, -0.2) is 14.9 Å². The third-order valence-corrected chi connectivity index (χ3v) is 3.81. The van der Waals surface area contributed by atoms with Gasteiger partial charge in [-0.1, -0.05) is 48.5 Å². The average Bonchev–Trinajstić information content (AvgIpc) is 2.98. The van der Waals surface area contributed by atoms with Gasteiger partial charge in [-0.05, 0) is 19.1 Å².